The Balaban J connectivity index is 2.33. The summed E-state index contributed by atoms with van der Waals surface area (Å²) in [5.41, 5.74) is 0.551. The van der Waals surface area contributed by atoms with Crippen molar-refractivity contribution in [2.75, 3.05) is 0 Å². The summed E-state index contributed by atoms with van der Waals surface area (Å²) in [6.07, 6.45) is 0. The minimum Gasteiger partial charge on any atom is -0.204 e. The van der Waals surface area contributed by atoms with E-state index in [0.29, 0.717) is 5.56 Å². The van der Waals surface area contributed by atoms with Crippen LogP contribution in [0.5, 0.6) is 0 Å². The second kappa shape index (κ2) is 4.82. The molecule has 0 N–H and O–H groups in total. The van der Waals surface area contributed by atoms with Gasteiger partial charge in [-0.3, -0.25) is 0 Å². The molecule has 1 aromatic heterocycles. The lowest BCUT2D eigenvalue weighted by atomic mass is 10.1. The largest absolute Gasteiger partial charge is 0.204 e. The van der Waals surface area contributed by atoms with Gasteiger partial charge in [-0.05, 0) is 45.8 Å². The van der Waals surface area contributed by atoms with Crippen LogP contribution in [0, 0.1) is 11.6 Å². The highest BCUT2D eigenvalue weighted by Crippen LogP contribution is 2.35. The number of thiophene rings is 1. The van der Waals surface area contributed by atoms with Gasteiger partial charge in [-0.1, -0.05) is 6.07 Å². The lowest BCUT2D eigenvalue weighted by Gasteiger charge is -2.07. The Bertz CT molecular complexity index is 512. The maximum atomic E-state index is 13.0. The van der Waals surface area contributed by atoms with Gasteiger partial charge in [-0.25, -0.2) is 8.78 Å². The van der Waals surface area contributed by atoms with E-state index in [2.05, 4.69) is 15.9 Å². The van der Waals surface area contributed by atoms with E-state index in [1.807, 2.05) is 12.1 Å². The summed E-state index contributed by atoms with van der Waals surface area (Å²) in [6, 6.07) is 7.43. The zero-order valence-corrected chi connectivity index (χ0v) is 11.0. The van der Waals surface area contributed by atoms with Gasteiger partial charge in [0.15, 0.2) is 11.6 Å². The van der Waals surface area contributed by atoms with Crippen molar-refractivity contribution in [1.82, 2.24) is 0 Å². The average Bonchev–Trinajstić information content (AvgIpc) is 2.68. The summed E-state index contributed by atoms with van der Waals surface area (Å²) in [7, 11) is 0. The van der Waals surface area contributed by atoms with Crippen molar-refractivity contribution < 1.29 is 8.78 Å². The van der Waals surface area contributed by atoms with Gasteiger partial charge in [0.1, 0.15) is 0 Å². The van der Waals surface area contributed by atoms with E-state index in [4.69, 9.17) is 11.6 Å². The van der Waals surface area contributed by atoms with Gasteiger partial charge < -0.3 is 0 Å². The standard InChI is InChI=1S/C11H6BrClF2S/c12-10-4-3-9(16-10)11(13)6-1-2-7(14)8(15)5-6/h1-5,11H. The van der Waals surface area contributed by atoms with E-state index in [-0.39, 0.29) is 0 Å². The number of hydrogen-bond acceptors (Lipinski definition) is 1. The van der Waals surface area contributed by atoms with Crippen molar-refractivity contribution >= 4 is 38.9 Å². The second-order valence-corrected chi connectivity index (χ2v) is 6.11. The molecule has 1 unspecified atom stereocenters. The van der Waals surface area contributed by atoms with Gasteiger partial charge in [-0.2, -0.15) is 0 Å². The van der Waals surface area contributed by atoms with E-state index in [9.17, 15) is 8.78 Å². The highest BCUT2D eigenvalue weighted by Gasteiger charge is 2.14. The normalized spacial score (nSPS) is 12.8. The average molecular weight is 324 g/mol. The molecule has 0 amide bonds. The molecule has 1 aromatic carbocycles. The molecule has 1 atom stereocenters. The summed E-state index contributed by atoms with van der Waals surface area (Å²) < 4.78 is 26.7. The Hall–Kier alpha value is -0.450. The van der Waals surface area contributed by atoms with Gasteiger partial charge in [0, 0.05) is 4.88 Å². The Morgan fingerprint density at radius 1 is 1.12 bits per heavy atom. The molecule has 84 valence electrons. The first-order valence-electron chi connectivity index (χ1n) is 4.42. The minimum atomic E-state index is -0.876. The third kappa shape index (κ3) is 2.44. The minimum absolute atomic E-state index is 0.452. The lowest BCUT2D eigenvalue weighted by Crippen LogP contribution is -1.93. The molecule has 2 aromatic rings. The van der Waals surface area contributed by atoms with Gasteiger partial charge in [0.25, 0.3) is 0 Å². The Morgan fingerprint density at radius 3 is 2.44 bits per heavy atom. The van der Waals surface area contributed by atoms with Crippen LogP contribution >= 0.6 is 38.9 Å². The van der Waals surface area contributed by atoms with Crippen LogP contribution < -0.4 is 0 Å². The Labute approximate surface area is 109 Å². The number of rotatable bonds is 2. The maximum absolute atomic E-state index is 13.0. The molecule has 0 fully saturated rings. The molecule has 0 saturated heterocycles. The van der Waals surface area contributed by atoms with Gasteiger partial charge in [0.2, 0.25) is 0 Å². The van der Waals surface area contributed by atoms with Crippen molar-refractivity contribution in [1.29, 1.82) is 0 Å². The van der Waals surface area contributed by atoms with Crippen LogP contribution in [0.3, 0.4) is 0 Å². The van der Waals surface area contributed by atoms with E-state index in [0.717, 1.165) is 20.8 Å². The topological polar surface area (TPSA) is 0 Å². The van der Waals surface area contributed by atoms with E-state index in [1.54, 1.807) is 0 Å². The molecule has 5 heteroatoms. The number of benzene rings is 1. The Kier molecular flexibility index (Phi) is 3.62. The molecule has 0 saturated carbocycles. The molecule has 0 bridgehead atoms. The molecule has 0 spiro atoms. The fourth-order valence-corrected chi connectivity index (χ4v) is 3.07. The van der Waals surface area contributed by atoms with Crippen molar-refractivity contribution in [3.8, 4) is 0 Å². The number of hydrogen-bond donors (Lipinski definition) is 0. The quantitative estimate of drug-likeness (QED) is 0.673. The van der Waals surface area contributed by atoms with Crippen LogP contribution in [-0.2, 0) is 0 Å². The summed E-state index contributed by atoms with van der Waals surface area (Å²) in [5, 5.41) is -0.452. The fourth-order valence-electron chi connectivity index (χ4n) is 1.30. The van der Waals surface area contributed by atoms with E-state index < -0.39 is 17.0 Å². The first-order valence-corrected chi connectivity index (χ1v) is 6.47. The van der Waals surface area contributed by atoms with Crippen molar-refractivity contribution in [3.05, 3.63) is 56.2 Å². The van der Waals surface area contributed by atoms with Crippen LogP contribution in [0.15, 0.2) is 34.1 Å². The second-order valence-electron chi connectivity index (χ2n) is 3.18. The first kappa shape index (κ1) is 12.0. The highest BCUT2D eigenvalue weighted by molar-refractivity contribution is 9.11. The molecule has 1 heterocycles. The van der Waals surface area contributed by atoms with Crippen LogP contribution in [0.25, 0.3) is 0 Å². The highest BCUT2D eigenvalue weighted by atomic mass is 79.9. The summed E-state index contributed by atoms with van der Waals surface area (Å²) in [5.74, 6) is -1.74. The molecular weight excluding hydrogens is 318 g/mol. The monoisotopic (exact) mass is 322 g/mol. The van der Waals surface area contributed by atoms with Crippen molar-refractivity contribution in [2.45, 2.75) is 5.38 Å². The summed E-state index contributed by atoms with van der Waals surface area (Å²) in [6.45, 7) is 0. The summed E-state index contributed by atoms with van der Waals surface area (Å²) in [4.78, 5) is 0.888. The predicted molar refractivity (Wildman–Crippen MR) is 66.1 cm³/mol. The van der Waals surface area contributed by atoms with Gasteiger partial charge in [-0.15, -0.1) is 22.9 Å². The third-order valence-corrected chi connectivity index (χ3v) is 4.39. The van der Waals surface area contributed by atoms with Crippen molar-refractivity contribution in [3.63, 3.8) is 0 Å². The molecule has 0 aliphatic carbocycles. The first-order chi connectivity index (χ1) is 7.58. The molecule has 0 aliphatic heterocycles. The zero-order valence-electron chi connectivity index (χ0n) is 7.88. The maximum Gasteiger partial charge on any atom is 0.159 e. The van der Waals surface area contributed by atoms with Crippen LogP contribution in [0.2, 0.25) is 0 Å². The Morgan fingerprint density at radius 2 is 1.88 bits per heavy atom. The smallest absolute Gasteiger partial charge is 0.159 e. The van der Waals surface area contributed by atoms with Gasteiger partial charge in [0.05, 0.1) is 9.16 Å². The zero-order chi connectivity index (χ0) is 11.7. The van der Waals surface area contributed by atoms with E-state index >= 15 is 0 Å². The van der Waals surface area contributed by atoms with Gasteiger partial charge >= 0.3 is 0 Å². The van der Waals surface area contributed by atoms with Crippen LogP contribution in [-0.4, -0.2) is 0 Å². The number of alkyl halides is 1. The lowest BCUT2D eigenvalue weighted by molar-refractivity contribution is 0.507. The molecular formula is C11H6BrClF2S. The number of halogens is 4. The third-order valence-electron chi connectivity index (χ3n) is 2.08. The molecule has 0 aliphatic rings. The van der Waals surface area contributed by atoms with E-state index in [1.165, 1.54) is 17.4 Å². The van der Waals surface area contributed by atoms with Crippen molar-refractivity contribution in [2.24, 2.45) is 0 Å². The molecule has 0 radical (unpaired) electrons. The molecule has 2 rings (SSSR count). The fraction of sp³-hybridized carbons (Fsp3) is 0.0909. The predicted octanol–water partition coefficient (Wildman–Crippen LogP) is 5.12. The molecule has 16 heavy (non-hydrogen) atoms. The van der Waals surface area contributed by atoms with Crippen LogP contribution in [0.1, 0.15) is 15.8 Å². The summed E-state index contributed by atoms with van der Waals surface area (Å²) >= 11 is 11.0. The molecule has 0 nitrogen and oxygen atoms in total. The van der Waals surface area contributed by atoms with Crippen LogP contribution in [0.4, 0.5) is 8.78 Å². The SMILES string of the molecule is Fc1ccc(C(Cl)c2ccc(Br)s2)cc1F.